The first kappa shape index (κ1) is 32.9. The van der Waals surface area contributed by atoms with Gasteiger partial charge in [-0.3, -0.25) is 9.59 Å². The van der Waals surface area contributed by atoms with Gasteiger partial charge in [0, 0.05) is 61.3 Å². The number of carbonyl (C=O) groups excluding carboxylic acids is 3. The normalized spacial score (nSPS) is 32.3. The summed E-state index contributed by atoms with van der Waals surface area (Å²) in [7, 11) is 0. The highest BCUT2D eigenvalue weighted by atomic mass is 17.3. The van der Waals surface area contributed by atoms with E-state index in [0.29, 0.717) is 46.5 Å². The van der Waals surface area contributed by atoms with Crippen molar-refractivity contribution in [1.29, 1.82) is 0 Å². The second-order valence-electron chi connectivity index (χ2n) is 14.4. The van der Waals surface area contributed by atoms with E-state index in [1.165, 1.54) is 13.8 Å². The Morgan fingerprint density at radius 3 is 2.10 bits per heavy atom. The van der Waals surface area contributed by atoms with Crippen molar-refractivity contribution in [2.75, 3.05) is 0 Å². The van der Waals surface area contributed by atoms with Gasteiger partial charge in [0.15, 0.2) is 11.9 Å². The molecule has 0 aromatic heterocycles. The fourth-order valence-electron chi connectivity index (χ4n) is 8.87. The third kappa shape index (κ3) is 5.38. The number of hydrogen-bond donors (Lipinski definition) is 0. The molecule has 4 saturated heterocycles. The summed E-state index contributed by atoms with van der Waals surface area (Å²) in [5.41, 5.74) is 1.73. The van der Waals surface area contributed by atoms with Gasteiger partial charge in [-0.05, 0) is 61.8 Å². The van der Waals surface area contributed by atoms with Gasteiger partial charge in [0.1, 0.15) is 23.0 Å². The van der Waals surface area contributed by atoms with Crippen molar-refractivity contribution < 1.29 is 52.6 Å². The van der Waals surface area contributed by atoms with E-state index in [2.05, 4.69) is 6.92 Å². The smallest absolute Gasteiger partial charge is 0.340 e. The molecule has 50 heavy (non-hydrogen) atoms. The summed E-state index contributed by atoms with van der Waals surface area (Å²) in [6.07, 6.45) is 1.84. The summed E-state index contributed by atoms with van der Waals surface area (Å²) in [5, 5.41) is 0. The van der Waals surface area contributed by atoms with E-state index in [4.69, 9.17) is 38.2 Å². The molecule has 1 aliphatic carbocycles. The maximum absolute atomic E-state index is 14.3. The number of carbonyl (C=O) groups is 3. The van der Waals surface area contributed by atoms with Gasteiger partial charge in [0.05, 0.1) is 5.56 Å². The fraction of sp³-hybridized carbons (Fsp3) is 0.462. The topological polar surface area (TPSA) is 125 Å². The Morgan fingerprint density at radius 1 is 0.780 bits per heavy atom. The third-order valence-electron chi connectivity index (χ3n) is 11.1. The van der Waals surface area contributed by atoms with Crippen LogP contribution >= 0.6 is 0 Å². The maximum atomic E-state index is 14.3. The average Bonchev–Trinajstić information content (AvgIpc) is 3.31. The predicted molar refractivity (Wildman–Crippen MR) is 175 cm³/mol. The lowest BCUT2D eigenvalue weighted by Crippen LogP contribution is -2.70. The molecule has 6 aliphatic rings. The largest absolute Gasteiger partial charge is 0.456 e. The molecule has 5 heterocycles. The van der Waals surface area contributed by atoms with Crippen molar-refractivity contribution in [2.45, 2.75) is 90.2 Å². The van der Waals surface area contributed by atoms with E-state index in [0.717, 1.165) is 30.4 Å². The molecule has 0 N–H and O–H groups in total. The van der Waals surface area contributed by atoms with Crippen molar-refractivity contribution in [1.82, 2.24) is 0 Å². The van der Waals surface area contributed by atoms with Crippen molar-refractivity contribution in [3.8, 4) is 23.0 Å². The molecule has 1 saturated carbocycles. The zero-order valence-corrected chi connectivity index (χ0v) is 28.6. The van der Waals surface area contributed by atoms with Crippen LogP contribution in [-0.2, 0) is 33.6 Å². The molecule has 8 atom stereocenters. The van der Waals surface area contributed by atoms with E-state index in [1.807, 2.05) is 38.1 Å². The van der Waals surface area contributed by atoms with E-state index < -0.39 is 47.8 Å². The summed E-state index contributed by atoms with van der Waals surface area (Å²) in [6.45, 7) is 8.81. The molecular formula is C39H40O11. The van der Waals surface area contributed by atoms with Crippen LogP contribution in [0.4, 0.5) is 0 Å². The Bertz CT molecular complexity index is 1810. The van der Waals surface area contributed by atoms with Crippen LogP contribution in [0.1, 0.15) is 93.3 Å². The highest BCUT2D eigenvalue weighted by Crippen LogP contribution is 2.61. The zero-order valence-electron chi connectivity index (χ0n) is 28.6. The van der Waals surface area contributed by atoms with Crippen LogP contribution < -0.4 is 14.2 Å². The molecule has 11 nitrogen and oxygen atoms in total. The summed E-state index contributed by atoms with van der Waals surface area (Å²) in [4.78, 5) is 50.0. The molecule has 3 aromatic rings. The molecule has 262 valence electrons. The Balaban J connectivity index is 1.14. The maximum Gasteiger partial charge on any atom is 0.340 e. The monoisotopic (exact) mass is 684 g/mol. The van der Waals surface area contributed by atoms with Gasteiger partial charge >= 0.3 is 17.9 Å². The number of ether oxygens (including phenoxy) is 6. The summed E-state index contributed by atoms with van der Waals surface area (Å²) in [5.74, 6) is -1.07. The van der Waals surface area contributed by atoms with Crippen molar-refractivity contribution in [3.05, 3.63) is 82.9 Å². The fourth-order valence-corrected chi connectivity index (χ4v) is 8.87. The second kappa shape index (κ2) is 12.2. The molecule has 0 radical (unpaired) electrons. The minimum absolute atomic E-state index is 0.00905. The average molecular weight is 685 g/mol. The summed E-state index contributed by atoms with van der Waals surface area (Å²) in [6, 6.07) is 17.5. The van der Waals surface area contributed by atoms with Crippen LogP contribution in [0.5, 0.6) is 23.0 Å². The van der Waals surface area contributed by atoms with Crippen LogP contribution in [-0.4, -0.2) is 41.9 Å². The van der Waals surface area contributed by atoms with E-state index in [9.17, 15) is 14.4 Å². The molecule has 2 bridgehead atoms. The third-order valence-corrected chi connectivity index (χ3v) is 11.1. The predicted octanol–water partition coefficient (Wildman–Crippen LogP) is 7.19. The van der Waals surface area contributed by atoms with Gasteiger partial charge in [-0.15, -0.1) is 0 Å². The lowest BCUT2D eigenvalue weighted by molar-refractivity contribution is -0.576. The van der Waals surface area contributed by atoms with E-state index in [-0.39, 0.29) is 17.8 Å². The van der Waals surface area contributed by atoms with E-state index >= 15 is 0 Å². The van der Waals surface area contributed by atoms with Crippen LogP contribution in [0.2, 0.25) is 0 Å². The molecule has 3 aromatic carbocycles. The Labute approximate surface area is 290 Å². The Hall–Kier alpha value is -4.29. The summed E-state index contributed by atoms with van der Waals surface area (Å²) < 4.78 is 36.3. The number of benzene rings is 3. The van der Waals surface area contributed by atoms with Gasteiger partial charge in [0.25, 0.3) is 0 Å². The minimum atomic E-state index is -0.951. The number of rotatable bonds is 5. The first-order valence-electron chi connectivity index (χ1n) is 17.3. The lowest BCUT2D eigenvalue weighted by atomic mass is 9.58. The molecule has 11 heteroatoms. The Kier molecular flexibility index (Phi) is 8.02. The second-order valence-corrected chi connectivity index (χ2v) is 14.4. The SMILES string of the molecule is CC(=O)Oc1ccc2c(c1)Oc1cc(OC(C)=O)ccc1C2c1ccccc1C(=O)OC1OC2OC3(C)CCC4C(C)CCC(C1C)C24OO3. The van der Waals surface area contributed by atoms with Gasteiger partial charge in [-0.2, -0.15) is 0 Å². The molecule has 9 rings (SSSR count). The first-order chi connectivity index (χ1) is 24.0. The zero-order chi connectivity index (χ0) is 34.9. The van der Waals surface area contributed by atoms with Crippen LogP contribution in [0.15, 0.2) is 60.7 Å². The van der Waals surface area contributed by atoms with Gasteiger partial charge in [-0.1, -0.05) is 44.2 Å². The van der Waals surface area contributed by atoms with E-state index in [1.54, 1.807) is 36.4 Å². The van der Waals surface area contributed by atoms with Crippen molar-refractivity contribution in [2.24, 2.45) is 23.7 Å². The molecule has 0 amide bonds. The highest BCUT2D eigenvalue weighted by Gasteiger charge is 2.69. The Morgan fingerprint density at radius 2 is 1.44 bits per heavy atom. The number of hydrogen-bond acceptors (Lipinski definition) is 11. The van der Waals surface area contributed by atoms with Crippen molar-refractivity contribution >= 4 is 17.9 Å². The van der Waals surface area contributed by atoms with Crippen LogP contribution in [0, 0.1) is 23.7 Å². The van der Waals surface area contributed by atoms with Crippen molar-refractivity contribution in [3.63, 3.8) is 0 Å². The number of esters is 3. The standard InChI is InChI=1S/C39H40O11/c1-20-10-15-31-21(2)36(47-37-39(31)30(20)16-17-38(5,48-37)49-50-39)46-35(42)27-9-7-6-8-26(27)34-28-13-11-24(43-22(3)40)18-32(28)45-33-19-25(44-23(4)41)12-14-29(33)34/h6-9,11-14,18-21,30-31,34,36-37H,10,15-17H2,1-5H3. The van der Waals surface area contributed by atoms with Gasteiger partial charge < -0.3 is 28.4 Å². The van der Waals surface area contributed by atoms with Gasteiger partial charge in [0.2, 0.25) is 12.1 Å². The minimum Gasteiger partial charge on any atom is -0.456 e. The van der Waals surface area contributed by atoms with Crippen LogP contribution in [0.25, 0.3) is 0 Å². The summed E-state index contributed by atoms with van der Waals surface area (Å²) >= 11 is 0. The number of fused-ring (bicyclic) bond motifs is 4. The highest BCUT2D eigenvalue weighted by molar-refractivity contribution is 5.92. The molecule has 5 fully saturated rings. The molecular weight excluding hydrogens is 644 g/mol. The van der Waals surface area contributed by atoms with Gasteiger partial charge in [-0.25, -0.2) is 14.6 Å². The molecule has 5 aliphatic heterocycles. The molecule has 1 spiro atoms. The van der Waals surface area contributed by atoms with Crippen LogP contribution in [0.3, 0.4) is 0 Å². The lowest BCUT2D eigenvalue weighted by Gasteiger charge is -2.59. The quantitative estimate of drug-likeness (QED) is 0.121. The first-order valence-corrected chi connectivity index (χ1v) is 17.3. The molecule has 8 unspecified atom stereocenters.